The number of halogens is 1. The molecule has 21 heavy (non-hydrogen) atoms. The van der Waals surface area contributed by atoms with Gasteiger partial charge in [0.05, 0.1) is 13.7 Å². The Hall–Kier alpha value is -1.71. The van der Waals surface area contributed by atoms with Crippen molar-refractivity contribution in [2.75, 3.05) is 13.7 Å². The third kappa shape index (κ3) is 3.49. The zero-order chi connectivity index (χ0) is 15.4. The Morgan fingerprint density at radius 3 is 2.52 bits per heavy atom. The molecule has 0 radical (unpaired) electrons. The van der Waals surface area contributed by atoms with Crippen LogP contribution in [-0.2, 0) is 0 Å². The Labute approximate surface area is 130 Å². The molecule has 0 saturated heterocycles. The monoisotopic (exact) mass is 306 g/mol. The maximum absolute atomic E-state index is 10.7. The van der Waals surface area contributed by atoms with Gasteiger partial charge in [-0.3, -0.25) is 0 Å². The zero-order valence-corrected chi connectivity index (χ0v) is 13.1. The van der Waals surface area contributed by atoms with Crippen molar-refractivity contribution in [3.8, 4) is 11.5 Å². The molecule has 2 aromatic carbocycles. The summed E-state index contributed by atoms with van der Waals surface area (Å²) in [5.41, 5.74) is 2.44. The molecule has 0 saturated carbocycles. The summed E-state index contributed by atoms with van der Waals surface area (Å²) in [4.78, 5) is 0. The van der Waals surface area contributed by atoms with Crippen molar-refractivity contribution in [1.29, 1.82) is 0 Å². The van der Waals surface area contributed by atoms with E-state index < -0.39 is 6.10 Å². The van der Waals surface area contributed by atoms with Gasteiger partial charge in [-0.25, -0.2) is 0 Å². The van der Waals surface area contributed by atoms with E-state index in [0.29, 0.717) is 28.7 Å². The van der Waals surface area contributed by atoms with Gasteiger partial charge in [0.2, 0.25) is 0 Å². The summed E-state index contributed by atoms with van der Waals surface area (Å²) in [6, 6.07) is 10.9. The second-order valence-electron chi connectivity index (χ2n) is 4.76. The van der Waals surface area contributed by atoms with E-state index in [2.05, 4.69) is 0 Å². The summed E-state index contributed by atoms with van der Waals surface area (Å²) in [6.45, 7) is 4.43. The number of benzene rings is 2. The van der Waals surface area contributed by atoms with Crippen molar-refractivity contribution < 1.29 is 14.6 Å². The third-order valence-electron chi connectivity index (χ3n) is 3.25. The highest BCUT2D eigenvalue weighted by molar-refractivity contribution is 6.30. The summed E-state index contributed by atoms with van der Waals surface area (Å²) in [6.07, 6.45) is -0.835. The molecule has 0 heterocycles. The summed E-state index contributed by atoms with van der Waals surface area (Å²) >= 11 is 5.97. The molecule has 0 aliphatic carbocycles. The van der Waals surface area contributed by atoms with Gasteiger partial charge in [-0.2, -0.15) is 0 Å². The van der Waals surface area contributed by atoms with Crippen molar-refractivity contribution in [2.24, 2.45) is 0 Å². The Kier molecular flexibility index (Phi) is 5.10. The van der Waals surface area contributed by atoms with Gasteiger partial charge in [-0.15, -0.1) is 0 Å². The standard InChI is InChI=1S/C17H19ClO3/c1-4-21-15-8-5-11(2)9-14(15)17(19)13-7-6-12(18)10-16(13)20-3/h5-10,17,19H,4H2,1-3H3. The van der Waals surface area contributed by atoms with Gasteiger partial charge in [-0.1, -0.05) is 29.3 Å². The first-order valence-corrected chi connectivity index (χ1v) is 7.19. The first-order valence-electron chi connectivity index (χ1n) is 6.81. The molecule has 2 rings (SSSR count). The highest BCUT2D eigenvalue weighted by Crippen LogP contribution is 2.36. The number of hydrogen-bond donors (Lipinski definition) is 1. The van der Waals surface area contributed by atoms with Crippen molar-refractivity contribution >= 4 is 11.6 Å². The van der Waals surface area contributed by atoms with Crippen molar-refractivity contribution in [3.05, 3.63) is 58.1 Å². The lowest BCUT2D eigenvalue weighted by Gasteiger charge is -2.19. The van der Waals surface area contributed by atoms with E-state index in [4.69, 9.17) is 21.1 Å². The molecular weight excluding hydrogens is 288 g/mol. The van der Waals surface area contributed by atoms with E-state index >= 15 is 0 Å². The summed E-state index contributed by atoms with van der Waals surface area (Å²) in [7, 11) is 1.56. The topological polar surface area (TPSA) is 38.7 Å². The van der Waals surface area contributed by atoms with Gasteiger partial charge in [0, 0.05) is 16.1 Å². The van der Waals surface area contributed by atoms with Crippen molar-refractivity contribution in [3.63, 3.8) is 0 Å². The van der Waals surface area contributed by atoms with Crippen LogP contribution in [0, 0.1) is 6.92 Å². The van der Waals surface area contributed by atoms with Crippen LogP contribution in [0.15, 0.2) is 36.4 Å². The average molecular weight is 307 g/mol. The second kappa shape index (κ2) is 6.83. The molecule has 2 aromatic rings. The molecule has 0 fully saturated rings. The molecule has 112 valence electrons. The minimum Gasteiger partial charge on any atom is -0.496 e. The first kappa shape index (κ1) is 15.7. The molecule has 1 N–H and O–H groups in total. The highest BCUT2D eigenvalue weighted by Gasteiger charge is 2.19. The number of ether oxygens (including phenoxy) is 2. The Bertz CT molecular complexity index is 625. The fourth-order valence-corrected chi connectivity index (χ4v) is 2.41. The number of aliphatic hydroxyl groups is 1. The predicted octanol–water partition coefficient (Wildman–Crippen LogP) is 4.14. The SMILES string of the molecule is CCOc1ccc(C)cc1C(O)c1ccc(Cl)cc1OC. The normalized spacial score (nSPS) is 12.0. The molecule has 1 unspecified atom stereocenters. The maximum Gasteiger partial charge on any atom is 0.126 e. The fourth-order valence-electron chi connectivity index (χ4n) is 2.25. The lowest BCUT2D eigenvalue weighted by Crippen LogP contribution is -2.06. The van der Waals surface area contributed by atoms with Crippen molar-refractivity contribution in [1.82, 2.24) is 0 Å². The molecule has 0 amide bonds. The van der Waals surface area contributed by atoms with E-state index in [1.807, 2.05) is 32.0 Å². The van der Waals surface area contributed by atoms with Crippen LogP contribution in [0.5, 0.6) is 11.5 Å². The minimum atomic E-state index is -0.835. The van der Waals surface area contributed by atoms with Gasteiger partial charge in [0.1, 0.15) is 17.6 Å². The van der Waals surface area contributed by atoms with Crippen LogP contribution in [0.2, 0.25) is 5.02 Å². The Morgan fingerprint density at radius 1 is 1.10 bits per heavy atom. The number of methoxy groups -OCH3 is 1. The van der Waals surface area contributed by atoms with E-state index in [1.54, 1.807) is 25.3 Å². The lowest BCUT2D eigenvalue weighted by molar-refractivity contribution is 0.207. The van der Waals surface area contributed by atoms with Gasteiger partial charge in [0.15, 0.2) is 0 Å². The molecule has 4 heteroatoms. The van der Waals surface area contributed by atoms with Crippen LogP contribution in [0.3, 0.4) is 0 Å². The number of rotatable bonds is 5. The van der Waals surface area contributed by atoms with Gasteiger partial charge in [0.25, 0.3) is 0 Å². The second-order valence-corrected chi connectivity index (χ2v) is 5.20. The van der Waals surface area contributed by atoms with Gasteiger partial charge in [-0.05, 0) is 38.1 Å². The fraction of sp³-hybridized carbons (Fsp3) is 0.294. The molecule has 0 aromatic heterocycles. The van der Waals surface area contributed by atoms with Crippen LogP contribution in [0.1, 0.15) is 29.7 Å². The molecule has 0 bridgehead atoms. The quantitative estimate of drug-likeness (QED) is 0.902. The zero-order valence-electron chi connectivity index (χ0n) is 12.4. The number of hydrogen-bond acceptors (Lipinski definition) is 3. The summed E-state index contributed by atoms with van der Waals surface area (Å²) in [5, 5.41) is 11.3. The smallest absolute Gasteiger partial charge is 0.126 e. The summed E-state index contributed by atoms with van der Waals surface area (Å²) < 4.78 is 10.9. The highest BCUT2D eigenvalue weighted by atomic mass is 35.5. The van der Waals surface area contributed by atoms with Gasteiger partial charge < -0.3 is 14.6 Å². The maximum atomic E-state index is 10.7. The molecule has 3 nitrogen and oxygen atoms in total. The summed E-state index contributed by atoms with van der Waals surface area (Å²) in [5.74, 6) is 1.23. The van der Waals surface area contributed by atoms with Crippen LogP contribution < -0.4 is 9.47 Å². The molecule has 1 atom stereocenters. The number of aliphatic hydroxyl groups excluding tert-OH is 1. The van der Waals surface area contributed by atoms with Crippen molar-refractivity contribution in [2.45, 2.75) is 20.0 Å². The third-order valence-corrected chi connectivity index (χ3v) is 3.48. The minimum absolute atomic E-state index is 0.542. The van der Waals surface area contributed by atoms with Crippen LogP contribution in [0.25, 0.3) is 0 Å². The van der Waals surface area contributed by atoms with E-state index in [1.165, 1.54) is 0 Å². The molecular formula is C17H19ClO3. The van der Waals surface area contributed by atoms with Crippen LogP contribution in [-0.4, -0.2) is 18.8 Å². The van der Waals surface area contributed by atoms with E-state index in [0.717, 1.165) is 11.1 Å². The molecule has 0 aliphatic rings. The van der Waals surface area contributed by atoms with Crippen LogP contribution >= 0.6 is 11.6 Å². The Morgan fingerprint density at radius 2 is 1.86 bits per heavy atom. The Balaban J connectivity index is 2.48. The van der Waals surface area contributed by atoms with Gasteiger partial charge >= 0.3 is 0 Å². The average Bonchev–Trinajstić information content (AvgIpc) is 2.48. The largest absolute Gasteiger partial charge is 0.496 e. The molecule has 0 aliphatic heterocycles. The number of aryl methyl sites for hydroxylation is 1. The molecule has 0 spiro atoms. The first-order chi connectivity index (χ1) is 10.1. The van der Waals surface area contributed by atoms with E-state index in [9.17, 15) is 5.11 Å². The lowest BCUT2D eigenvalue weighted by atomic mass is 9.98. The predicted molar refractivity (Wildman–Crippen MR) is 84.4 cm³/mol. The van der Waals surface area contributed by atoms with E-state index in [-0.39, 0.29) is 0 Å². The van der Waals surface area contributed by atoms with Crippen LogP contribution in [0.4, 0.5) is 0 Å².